The van der Waals surface area contributed by atoms with E-state index in [9.17, 15) is 13.2 Å². The number of para-hydroxylation sites is 1. The van der Waals surface area contributed by atoms with Crippen molar-refractivity contribution in [1.82, 2.24) is 4.72 Å². The zero-order chi connectivity index (χ0) is 17.2. The highest BCUT2D eigenvalue weighted by atomic mass is 35.5. The van der Waals surface area contributed by atoms with Crippen molar-refractivity contribution < 1.29 is 13.2 Å². The van der Waals surface area contributed by atoms with Crippen LogP contribution in [-0.4, -0.2) is 27.4 Å². The van der Waals surface area contributed by atoms with Gasteiger partial charge in [-0.15, -0.1) is 0 Å². The van der Waals surface area contributed by atoms with Crippen LogP contribution in [0.1, 0.15) is 6.42 Å². The zero-order valence-electron chi connectivity index (χ0n) is 12.9. The molecule has 7 heteroatoms. The van der Waals surface area contributed by atoms with Gasteiger partial charge < -0.3 is 4.90 Å². The monoisotopic (exact) mass is 364 g/mol. The van der Waals surface area contributed by atoms with Crippen LogP contribution in [0.25, 0.3) is 0 Å². The molecule has 0 bridgehead atoms. The van der Waals surface area contributed by atoms with Crippen molar-refractivity contribution in [3.05, 3.63) is 59.6 Å². The van der Waals surface area contributed by atoms with Gasteiger partial charge >= 0.3 is 0 Å². The quantitative estimate of drug-likeness (QED) is 0.887. The summed E-state index contributed by atoms with van der Waals surface area (Å²) in [6, 6.07) is 15.4. The Balaban J connectivity index is 1.63. The number of sulfonamides is 1. The average Bonchev–Trinajstić information content (AvgIpc) is 2.95. The molecule has 1 unspecified atom stereocenters. The van der Waals surface area contributed by atoms with Crippen molar-refractivity contribution in [2.45, 2.75) is 11.3 Å². The second kappa shape index (κ2) is 6.93. The molecule has 1 aliphatic rings. The number of anilines is 1. The predicted octanol–water partition coefficient (Wildman–Crippen LogP) is 2.67. The van der Waals surface area contributed by atoms with Crippen LogP contribution in [-0.2, 0) is 14.8 Å². The first-order valence-electron chi connectivity index (χ1n) is 7.56. The number of carbonyl (C=O) groups excluding carboxylic acids is 1. The second-order valence-electron chi connectivity index (χ2n) is 5.72. The Labute approximate surface area is 146 Å². The first kappa shape index (κ1) is 17.0. The third kappa shape index (κ3) is 3.77. The highest BCUT2D eigenvalue weighted by molar-refractivity contribution is 7.89. The standard InChI is InChI=1S/C17H17ClN2O3S/c18-14-6-8-16(9-7-14)24(22,23)19-11-13-10-17(21)20(12-13)15-4-2-1-3-5-15/h1-9,13,19H,10-12H2. The Kier molecular flexibility index (Phi) is 4.89. The van der Waals surface area contributed by atoms with E-state index < -0.39 is 10.0 Å². The molecule has 1 atom stereocenters. The van der Waals surface area contributed by atoms with Gasteiger partial charge in [0.15, 0.2) is 0 Å². The lowest BCUT2D eigenvalue weighted by Crippen LogP contribution is -2.31. The van der Waals surface area contributed by atoms with E-state index in [4.69, 9.17) is 11.6 Å². The molecule has 1 saturated heterocycles. The summed E-state index contributed by atoms with van der Waals surface area (Å²) < 4.78 is 27.1. The van der Waals surface area contributed by atoms with Gasteiger partial charge in [-0.25, -0.2) is 13.1 Å². The van der Waals surface area contributed by atoms with Gasteiger partial charge in [-0.3, -0.25) is 4.79 Å². The number of carbonyl (C=O) groups is 1. The van der Waals surface area contributed by atoms with Crippen molar-refractivity contribution in [3.63, 3.8) is 0 Å². The molecule has 0 spiro atoms. The van der Waals surface area contributed by atoms with Crippen molar-refractivity contribution in [1.29, 1.82) is 0 Å². The molecule has 0 aliphatic carbocycles. The number of nitrogens with zero attached hydrogens (tertiary/aromatic N) is 1. The number of benzene rings is 2. The summed E-state index contributed by atoms with van der Waals surface area (Å²) in [5.41, 5.74) is 0.838. The van der Waals surface area contributed by atoms with Gasteiger partial charge in [-0.05, 0) is 42.3 Å². The van der Waals surface area contributed by atoms with Crippen molar-refractivity contribution >= 4 is 33.2 Å². The molecule has 1 amide bonds. The Morgan fingerprint density at radius 3 is 2.42 bits per heavy atom. The van der Waals surface area contributed by atoms with E-state index >= 15 is 0 Å². The van der Waals surface area contributed by atoms with Gasteiger partial charge in [0.1, 0.15) is 0 Å². The maximum absolute atomic E-state index is 12.3. The molecule has 0 aromatic heterocycles. The molecule has 1 fully saturated rings. The lowest BCUT2D eigenvalue weighted by atomic mass is 10.1. The van der Waals surface area contributed by atoms with Gasteiger partial charge in [-0.2, -0.15) is 0 Å². The number of rotatable bonds is 5. The molecule has 2 aromatic rings. The Morgan fingerprint density at radius 2 is 1.75 bits per heavy atom. The van der Waals surface area contributed by atoms with E-state index in [-0.39, 0.29) is 23.3 Å². The van der Waals surface area contributed by atoms with Crippen LogP contribution in [0.15, 0.2) is 59.5 Å². The van der Waals surface area contributed by atoms with E-state index in [2.05, 4.69) is 4.72 Å². The number of hydrogen-bond donors (Lipinski definition) is 1. The lowest BCUT2D eigenvalue weighted by molar-refractivity contribution is -0.117. The van der Waals surface area contributed by atoms with Gasteiger partial charge in [0, 0.05) is 30.2 Å². The van der Waals surface area contributed by atoms with Gasteiger partial charge in [0.2, 0.25) is 15.9 Å². The van der Waals surface area contributed by atoms with Gasteiger partial charge in [0.25, 0.3) is 0 Å². The molecule has 1 N–H and O–H groups in total. The Hall–Kier alpha value is -1.89. The number of amides is 1. The lowest BCUT2D eigenvalue weighted by Gasteiger charge is -2.17. The number of nitrogens with one attached hydrogen (secondary N) is 1. The van der Waals surface area contributed by atoms with Crippen LogP contribution in [0, 0.1) is 5.92 Å². The second-order valence-corrected chi connectivity index (χ2v) is 7.92. The summed E-state index contributed by atoms with van der Waals surface area (Å²) in [6.45, 7) is 0.728. The molecule has 1 aliphatic heterocycles. The zero-order valence-corrected chi connectivity index (χ0v) is 14.4. The average molecular weight is 365 g/mol. The molecule has 0 radical (unpaired) electrons. The Bertz CT molecular complexity index is 823. The van der Waals surface area contributed by atoms with E-state index in [0.717, 1.165) is 5.69 Å². The predicted molar refractivity (Wildman–Crippen MR) is 93.5 cm³/mol. The third-order valence-electron chi connectivity index (χ3n) is 3.96. The fourth-order valence-electron chi connectivity index (χ4n) is 2.70. The van der Waals surface area contributed by atoms with Crippen LogP contribution < -0.4 is 9.62 Å². The van der Waals surface area contributed by atoms with Crippen LogP contribution in [0.2, 0.25) is 5.02 Å². The largest absolute Gasteiger partial charge is 0.312 e. The topological polar surface area (TPSA) is 66.5 Å². The first-order valence-corrected chi connectivity index (χ1v) is 9.42. The fourth-order valence-corrected chi connectivity index (χ4v) is 3.94. The number of halogens is 1. The van der Waals surface area contributed by atoms with E-state index in [1.165, 1.54) is 24.3 Å². The summed E-state index contributed by atoms with van der Waals surface area (Å²) >= 11 is 5.77. The molecule has 3 rings (SSSR count). The van der Waals surface area contributed by atoms with Gasteiger partial charge in [0.05, 0.1) is 4.90 Å². The summed E-state index contributed by atoms with van der Waals surface area (Å²) in [7, 11) is -3.60. The van der Waals surface area contributed by atoms with Crippen LogP contribution in [0.4, 0.5) is 5.69 Å². The molecular formula is C17H17ClN2O3S. The molecular weight excluding hydrogens is 348 g/mol. The highest BCUT2D eigenvalue weighted by Gasteiger charge is 2.31. The minimum absolute atomic E-state index is 0.0110. The minimum atomic E-state index is -3.60. The summed E-state index contributed by atoms with van der Waals surface area (Å²) in [5, 5.41) is 0.480. The van der Waals surface area contributed by atoms with E-state index in [1.54, 1.807) is 4.90 Å². The molecule has 24 heavy (non-hydrogen) atoms. The van der Waals surface area contributed by atoms with E-state index in [0.29, 0.717) is 18.0 Å². The molecule has 0 saturated carbocycles. The number of hydrogen-bond acceptors (Lipinski definition) is 3. The van der Waals surface area contributed by atoms with Gasteiger partial charge in [-0.1, -0.05) is 29.8 Å². The minimum Gasteiger partial charge on any atom is -0.312 e. The van der Waals surface area contributed by atoms with Crippen LogP contribution >= 0.6 is 11.6 Å². The SMILES string of the molecule is O=C1CC(CNS(=O)(=O)c2ccc(Cl)cc2)CN1c1ccccc1. The fraction of sp³-hybridized carbons (Fsp3) is 0.235. The molecule has 1 heterocycles. The molecule has 5 nitrogen and oxygen atoms in total. The summed E-state index contributed by atoms with van der Waals surface area (Å²) in [6.07, 6.45) is 0.331. The maximum atomic E-state index is 12.3. The first-order chi connectivity index (χ1) is 11.5. The van der Waals surface area contributed by atoms with Crippen molar-refractivity contribution in [2.24, 2.45) is 5.92 Å². The van der Waals surface area contributed by atoms with Crippen molar-refractivity contribution in [3.8, 4) is 0 Å². The molecule has 2 aromatic carbocycles. The van der Waals surface area contributed by atoms with E-state index in [1.807, 2.05) is 30.3 Å². The Morgan fingerprint density at radius 1 is 1.08 bits per heavy atom. The highest BCUT2D eigenvalue weighted by Crippen LogP contribution is 2.24. The summed E-state index contributed by atoms with van der Waals surface area (Å²) in [5.74, 6) is -0.0447. The summed E-state index contributed by atoms with van der Waals surface area (Å²) in [4.78, 5) is 14.0. The normalized spacial score (nSPS) is 18.1. The third-order valence-corrected chi connectivity index (χ3v) is 5.65. The van der Waals surface area contributed by atoms with Crippen LogP contribution in [0.5, 0.6) is 0 Å². The van der Waals surface area contributed by atoms with Crippen molar-refractivity contribution in [2.75, 3.05) is 18.0 Å². The molecule has 126 valence electrons. The van der Waals surface area contributed by atoms with Crippen LogP contribution in [0.3, 0.4) is 0 Å². The smallest absolute Gasteiger partial charge is 0.240 e. The maximum Gasteiger partial charge on any atom is 0.240 e.